The lowest BCUT2D eigenvalue weighted by Crippen LogP contribution is -2.52. The van der Waals surface area contributed by atoms with Gasteiger partial charge in [0.2, 0.25) is 0 Å². The molecule has 1 fully saturated rings. The molecular formula is C22H22ClF3N4O2S. The summed E-state index contributed by atoms with van der Waals surface area (Å²) in [4.78, 5) is 26.6. The van der Waals surface area contributed by atoms with Gasteiger partial charge in [-0.2, -0.15) is 13.2 Å². The van der Waals surface area contributed by atoms with Crippen molar-refractivity contribution in [3.63, 3.8) is 0 Å². The quantitative estimate of drug-likeness (QED) is 0.618. The number of aryl methyl sites for hydroxylation is 2. The molecule has 0 radical (unpaired) electrons. The number of carbonyl (C=O) groups is 2. The minimum Gasteiger partial charge on any atom is -0.366 e. The zero-order valence-corrected chi connectivity index (χ0v) is 19.5. The number of nitrogens with zero attached hydrogens (tertiary/aromatic N) is 2. The van der Waals surface area contributed by atoms with Crippen molar-refractivity contribution < 1.29 is 22.8 Å². The largest absolute Gasteiger partial charge is 0.471 e. The standard InChI is InChI=1S/C22H22ClF3N4O2S/c1-13-3-4-15(11-14(13)2)19(31)28-21(33)27-17-12-16(23)5-6-18(17)29-7-9-30(10-8-29)20(32)22(24,25)26/h3-6,11-12H,7-10H2,1-2H3,(H2,27,28,31,33). The maximum absolute atomic E-state index is 12.7. The van der Waals surface area contributed by atoms with E-state index in [0.29, 0.717) is 22.0 Å². The van der Waals surface area contributed by atoms with E-state index in [2.05, 4.69) is 10.6 Å². The average molecular weight is 499 g/mol. The number of alkyl halides is 3. The third kappa shape index (κ3) is 6.14. The molecule has 1 aliphatic rings. The molecule has 2 aromatic carbocycles. The van der Waals surface area contributed by atoms with Gasteiger partial charge in [-0.25, -0.2) is 0 Å². The molecule has 6 nitrogen and oxygen atoms in total. The van der Waals surface area contributed by atoms with Crippen LogP contribution >= 0.6 is 23.8 Å². The maximum Gasteiger partial charge on any atom is 0.471 e. The Bertz CT molecular complexity index is 1090. The normalized spacial score (nSPS) is 14.1. The summed E-state index contributed by atoms with van der Waals surface area (Å²) in [5.41, 5.74) is 3.62. The van der Waals surface area contributed by atoms with Gasteiger partial charge in [0.25, 0.3) is 5.91 Å². The number of amides is 2. The van der Waals surface area contributed by atoms with Crippen LogP contribution in [0.1, 0.15) is 21.5 Å². The van der Waals surface area contributed by atoms with E-state index >= 15 is 0 Å². The van der Waals surface area contributed by atoms with Gasteiger partial charge in [0.1, 0.15) is 0 Å². The molecule has 1 heterocycles. The minimum absolute atomic E-state index is 0.0487. The molecule has 0 aliphatic carbocycles. The van der Waals surface area contributed by atoms with Crippen molar-refractivity contribution in [1.29, 1.82) is 0 Å². The molecule has 0 aromatic heterocycles. The highest BCUT2D eigenvalue weighted by molar-refractivity contribution is 7.80. The van der Waals surface area contributed by atoms with Crippen LogP contribution in [-0.4, -0.2) is 54.2 Å². The van der Waals surface area contributed by atoms with E-state index < -0.39 is 12.1 Å². The first kappa shape index (κ1) is 24.8. The Kier molecular flexibility index (Phi) is 7.48. The van der Waals surface area contributed by atoms with Gasteiger partial charge < -0.3 is 15.1 Å². The first-order valence-corrected chi connectivity index (χ1v) is 10.8. The second-order valence-electron chi connectivity index (χ2n) is 7.65. The molecular weight excluding hydrogens is 477 g/mol. The lowest BCUT2D eigenvalue weighted by Gasteiger charge is -2.37. The summed E-state index contributed by atoms with van der Waals surface area (Å²) in [6.07, 6.45) is -4.89. The van der Waals surface area contributed by atoms with Gasteiger partial charge in [-0.1, -0.05) is 17.7 Å². The lowest BCUT2D eigenvalue weighted by molar-refractivity contribution is -0.185. The van der Waals surface area contributed by atoms with E-state index in [-0.39, 0.29) is 37.2 Å². The van der Waals surface area contributed by atoms with Crippen molar-refractivity contribution in [2.45, 2.75) is 20.0 Å². The van der Waals surface area contributed by atoms with Crippen molar-refractivity contribution in [3.8, 4) is 0 Å². The number of carbonyl (C=O) groups excluding carboxylic acids is 2. The molecule has 0 spiro atoms. The molecule has 33 heavy (non-hydrogen) atoms. The van der Waals surface area contributed by atoms with Gasteiger partial charge in [-0.15, -0.1) is 0 Å². The predicted octanol–water partition coefficient (Wildman–Crippen LogP) is 4.29. The first-order valence-electron chi connectivity index (χ1n) is 10.1. The summed E-state index contributed by atoms with van der Waals surface area (Å²) in [5.74, 6) is -2.22. The Hall–Kier alpha value is -2.85. The maximum atomic E-state index is 12.7. The van der Waals surface area contributed by atoms with E-state index in [4.69, 9.17) is 23.8 Å². The molecule has 0 atom stereocenters. The fourth-order valence-electron chi connectivity index (χ4n) is 3.43. The summed E-state index contributed by atoms with van der Waals surface area (Å²) >= 11 is 11.4. The zero-order valence-electron chi connectivity index (χ0n) is 17.9. The molecule has 2 aromatic rings. The zero-order chi connectivity index (χ0) is 24.3. The van der Waals surface area contributed by atoms with Crippen molar-refractivity contribution in [2.24, 2.45) is 0 Å². The van der Waals surface area contributed by atoms with Crippen LogP contribution in [0.3, 0.4) is 0 Å². The number of hydrogen-bond donors (Lipinski definition) is 2. The second kappa shape index (κ2) is 9.96. The number of hydrogen-bond acceptors (Lipinski definition) is 4. The van der Waals surface area contributed by atoms with Gasteiger partial charge in [-0.3, -0.25) is 14.9 Å². The van der Waals surface area contributed by atoms with E-state index in [1.165, 1.54) is 0 Å². The molecule has 2 N–H and O–H groups in total. The fraction of sp³-hybridized carbons (Fsp3) is 0.318. The van der Waals surface area contributed by atoms with Crippen LogP contribution in [-0.2, 0) is 4.79 Å². The third-order valence-corrected chi connectivity index (χ3v) is 5.79. The first-order chi connectivity index (χ1) is 15.5. The van der Waals surface area contributed by atoms with Crippen LogP contribution in [0, 0.1) is 13.8 Å². The van der Waals surface area contributed by atoms with Crippen LogP contribution in [0.5, 0.6) is 0 Å². The highest BCUT2D eigenvalue weighted by Gasteiger charge is 2.43. The molecule has 0 saturated carbocycles. The third-order valence-electron chi connectivity index (χ3n) is 5.35. The Morgan fingerprint density at radius 1 is 1.00 bits per heavy atom. The highest BCUT2D eigenvalue weighted by atomic mass is 35.5. The minimum atomic E-state index is -4.89. The number of anilines is 2. The molecule has 1 aliphatic heterocycles. The van der Waals surface area contributed by atoms with Crippen LogP contribution < -0.4 is 15.5 Å². The molecule has 2 amide bonds. The molecule has 176 valence electrons. The van der Waals surface area contributed by atoms with E-state index in [1.54, 1.807) is 30.3 Å². The van der Waals surface area contributed by atoms with E-state index in [1.807, 2.05) is 24.8 Å². The summed E-state index contributed by atoms with van der Waals surface area (Å²) in [5, 5.41) is 6.03. The van der Waals surface area contributed by atoms with E-state index in [9.17, 15) is 22.8 Å². The number of thiocarbonyl (C=S) groups is 1. The van der Waals surface area contributed by atoms with Crippen LogP contribution in [0.4, 0.5) is 24.5 Å². The van der Waals surface area contributed by atoms with Crippen molar-refractivity contribution in [1.82, 2.24) is 10.2 Å². The van der Waals surface area contributed by atoms with Gasteiger partial charge in [0.05, 0.1) is 11.4 Å². The second-order valence-corrected chi connectivity index (χ2v) is 8.49. The summed E-state index contributed by atoms with van der Waals surface area (Å²) in [7, 11) is 0. The summed E-state index contributed by atoms with van der Waals surface area (Å²) < 4.78 is 38.1. The number of halogens is 4. The summed E-state index contributed by atoms with van der Waals surface area (Å²) in [6, 6.07) is 10.3. The SMILES string of the molecule is Cc1ccc(C(=O)NC(=S)Nc2cc(Cl)ccc2N2CCN(C(=O)C(F)(F)F)CC2)cc1C. The molecule has 3 rings (SSSR count). The lowest BCUT2D eigenvalue weighted by atomic mass is 10.1. The van der Waals surface area contributed by atoms with Gasteiger partial charge in [-0.05, 0) is 67.5 Å². The number of nitrogens with one attached hydrogen (secondary N) is 2. The van der Waals surface area contributed by atoms with E-state index in [0.717, 1.165) is 16.0 Å². The Morgan fingerprint density at radius 2 is 1.67 bits per heavy atom. The highest BCUT2D eigenvalue weighted by Crippen LogP contribution is 2.30. The molecule has 1 saturated heterocycles. The number of benzene rings is 2. The molecule has 0 unspecified atom stereocenters. The van der Waals surface area contributed by atoms with Crippen molar-refractivity contribution >= 4 is 52.1 Å². The predicted molar refractivity (Wildman–Crippen MR) is 126 cm³/mol. The van der Waals surface area contributed by atoms with Gasteiger partial charge in [0.15, 0.2) is 5.11 Å². The fourth-order valence-corrected chi connectivity index (χ4v) is 3.80. The Balaban J connectivity index is 1.69. The van der Waals surface area contributed by atoms with Crippen LogP contribution in [0.15, 0.2) is 36.4 Å². The summed E-state index contributed by atoms with van der Waals surface area (Å²) in [6.45, 7) is 4.09. The Morgan fingerprint density at radius 3 is 2.27 bits per heavy atom. The van der Waals surface area contributed by atoms with Crippen molar-refractivity contribution in [2.75, 3.05) is 36.4 Å². The van der Waals surface area contributed by atoms with Gasteiger partial charge >= 0.3 is 12.1 Å². The smallest absolute Gasteiger partial charge is 0.366 e. The number of piperazine rings is 1. The average Bonchev–Trinajstić information content (AvgIpc) is 2.74. The van der Waals surface area contributed by atoms with Gasteiger partial charge in [0, 0.05) is 36.8 Å². The Labute approximate surface area is 199 Å². The molecule has 11 heteroatoms. The molecule has 0 bridgehead atoms. The number of rotatable bonds is 3. The van der Waals surface area contributed by atoms with Crippen LogP contribution in [0.25, 0.3) is 0 Å². The monoisotopic (exact) mass is 498 g/mol. The van der Waals surface area contributed by atoms with Crippen LogP contribution in [0.2, 0.25) is 5.02 Å². The van der Waals surface area contributed by atoms with Crippen molar-refractivity contribution in [3.05, 3.63) is 58.1 Å². The topological polar surface area (TPSA) is 64.7 Å².